The van der Waals surface area contributed by atoms with Crippen LogP contribution in [0.5, 0.6) is 0 Å². The van der Waals surface area contributed by atoms with E-state index in [0.29, 0.717) is 16.9 Å². The number of amides is 4. The Hall–Kier alpha value is -3.56. The minimum atomic E-state index is -1.01. The maximum atomic E-state index is 13.4. The van der Waals surface area contributed by atoms with Crippen molar-refractivity contribution in [2.75, 3.05) is 31.0 Å². The first-order valence-corrected chi connectivity index (χ1v) is 10.4. The van der Waals surface area contributed by atoms with E-state index in [1.807, 2.05) is 13.0 Å². The first kappa shape index (κ1) is 24.1. The molecule has 0 spiro atoms. The van der Waals surface area contributed by atoms with Crippen LogP contribution in [0.4, 0.5) is 11.4 Å². The molecule has 0 radical (unpaired) electrons. The standard InChI is InChI=1S/C24H27N3O6/c1-15-6-5-7-17(12-15)23(30)26(14-22(32-3)33-4)20-13-21(29)27(24(20)31)19-10-8-18(9-11-19)25-16(2)28/h5-12,20,22H,13-14H2,1-4H3,(H,25,28). The minimum Gasteiger partial charge on any atom is -0.354 e. The lowest BCUT2D eigenvalue weighted by Gasteiger charge is -2.30. The average Bonchev–Trinajstić information content (AvgIpc) is 3.08. The lowest BCUT2D eigenvalue weighted by atomic mass is 10.1. The van der Waals surface area contributed by atoms with Gasteiger partial charge < -0.3 is 19.7 Å². The summed E-state index contributed by atoms with van der Waals surface area (Å²) in [6, 6.07) is 12.4. The second kappa shape index (κ2) is 10.4. The van der Waals surface area contributed by atoms with Crippen LogP contribution in [0.1, 0.15) is 29.3 Å². The summed E-state index contributed by atoms with van der Waals surface area (Å²) in [5, 5.41) is 2.64. The van der Waals surface area contributed by atoms with Gasteiger partial charge in [-0.15, -0.1) is 0 Å². The number of rotatable bonds is 8. The zero-order chi connectivity index (χ0) is 24.1. The molecule has 9 nitrogen and oxygen atoms in total. The SMILES string of the molecule is COC(CN(C(=O)c1cccc(C)c1)C1CC(=O)N(c2ccc(NC(C)=O)cc2)C1=O)OC. The summed E-state index contributed by atoms with van der Waals surface area (Å²) in [5.74, 6) is -1.57. The third-order valence-corrected chi connectivity index (χ3v) is 5.34. The van der Waals surface area contributed by atoms with Crippen molar-refractivity contribution in [2.24, 2.45) is 0 Å². The molecule has 1 atom stereocenters. The maximum Gasteiger partial charge on any atom is 0.257 e. The van der Waals surface area contributed by atoms with Gasteiger partial charge in [-0.25, -0.2) is 4.90 Å². The molecule has 4 amide bonds. The minimum absolute atomic E-state index is 0.0290. The van der Waals surface area contributed by atoms with Gasteiger partial charge in [-0.3, -0.25) is 19.2 Å². The van der Waals surface area contributed by atoms with E-state index >= 15 is 0 Å². The summed E-state index contributed by atoms with van der Waals surface area (Å²) in [6.45, 7) is 3.22. The lowest BCUT2D eigenvalue weighted by Crippen LogP contribution is -2.49. The highest BCUT2D eigenvalue weighted by atomic mass is 16.7. The van der Waals surface area contributed by atoms with E-state index in [1.165, 1.54) is 26.0 Å². The van der Waals surface area contributed by atoms with Gasteiger partial charge in [0.1, 0.15) is 6.04 Å². The summed E-state index contributed by atoms with van der Waals surface area (Å²) in [4.78, 5) is 53.2. The van der Waals surface area contributed by atoms with Crippen LogP contribution in [0.25, 0.3) is 0 Å². The average molecular weight is 453 g/mol. The Morgan fingerprint density at radius 3 is 2.36 bits per heavy atom. The van der Waals surface area contributed by atoms with Gasteiger partial charge in [-0.05, 0) is 43.3 Å². The fourth-order valence-corrected chi connectivity index (χ4v) is 3.73. The highest BCUT2D eigenvalue weighted by molar-refractivity contribution is 6.23. The summed E-state index contributed by atoms with van der Waals surface area (Å²) in [5.41, 5.74) is 2.20. The van der Waals surface area contributed by atoms with Crippen molar-refractivity contribution in [2.45, 2.75) is 32.6 Å². The lowest BCUT2D eigenvalue weighted by molar-refractivity contribution is -0.128. The highest BCUT2D eigenvalue weighted by Gasteiger charge is 2.45. The second-order valence-corrected chi connectivity index (χ2v) is 7.74. The molecule has 1 heterocycles. The molecule has 1 aliphatic rings. The molecular weight excluding hydrogens is 426 g/mol. The van der Waals surface area contributed by atoms with Crippen LogP contribution in [0.3, 0.4) is 0 Å². The number of nitrogens with zero attached hydrogens (tertiary/aromatic N) is 2. The summed E-state index contributed by atoms with van der Waals surface area (Å²) < 4.78 is 10.5. The van der Waals surface area contributed by atoms with Crippen molar-refractivity contribution in [3.05, 3.63) is 59.7 Å². The van der Waals surface area contributed by atoms with Gasteiger partial charge in [0.2, 0.25) is 11.8 Å². The van der Waals surface area contributed by atoms with Gasteiger partial charge in [0.15, 0.2) is 6.29 Å². The van der Waals surface area contributed by atoms with Gasteiger partial charge in [0.05, 0.1) is 18.7 Å². The molecule has 3 rings (SSSR count). The van der Waals surface area contributed by atoms with Crippen molar-refractivity contribution < 1.29 is 28.7 Å². The number of methoxy groups -OCH3 is 2. The Morgan fingerprint density at radius 1 is 1.12 bits per heavy atom. The van der Waals surface area contributed by atoms with E-state index in [2.05, 4.69) is 5.32 Å². The zero-order valence-electron chi connectivity index (χ0n) is 19.0. The van der Waals surface area contributed by atoms with Crippen molar-refractivity contribution in [1.82, 2.24) is 4.90 Å². The molecule has 9 heteroatoms. The number of nitrogens with one attached hydrogen (secondary N) is 1. The molecule has 0 bridgehead atoms. The van der Waals surface area contributed by atoms with Gasteiger partial charge in [0.25, 0.3) is 11.8 Å². The highest BCUT2D eigenvalue weighted by Crippen LogP contribution is 2.28. The van der Waals surface area contributed by atoms with Gasteiger partial charge in [-0.1, -0.05) is 17.7 Å². The zero-order valence-corrected chi connectivity index (χ0v) is 19.0. The van der Waals surface area contributed by atoms with Crippen molar-refractivity contribution >= 4 is 35.0 Å². The van der Waals surface area contributed by atoms with E-state index < -0.39 is 30.1 Å². The van der Waals surface area contributed by atoms with Crippen LogP contribution < -0.4 is 10.2 Å². The molecule has 1 aliphatic heterocycles. The molecule has 1 N–H and O–H groups in total. The van der Waals surface area contributed by atoms with Crippen molar-refractivity contribution in [1.29, 1.82) is 0 Å². The Labute approximate surface area is 192 Å². The molecule has 0 aromatic heterocycles. The van der Waals surface area contributed by atoms with Crippen molar-refractivity contribution in [3.63, 3.8) is 0 Å². The van der Waals surface area contributed by atoms with Gasteiger partial charge in [0, 0.05) is 32.4 Å². The summed E-state index contributed by atoms with van der Waals surface area (Å²) in [7, 11) is 2.88. The number of carbonyl (C=O) groups excluding carboxylic acids is 4. The van der Waals surface area contributed by atoms with Gasteiger partial charge >= 0.3 is 0 Å². The molecule has 0 aliphatic carbocycles. The number of anilines is 2. The Bertz CT molecular complexity index is 1050. The number of imide groups is 1. The van der Waals surface area contributed by atoms with Crippen LogP contribution in [0, 0.1) is 6.92 Å². The van der Waals surface area contributed by atoms with Gasteiger partial charge in [-0.2, -0.15) is 0 Å². The molecule has 2 aromatic rings. The van der Waals surface area contributed by atoms with Crippen LogP contribution in [0.15, 0.2) is 48.5 Å². The Kier molecular flexibility index (Phi) is 7.57. The van der Waals surface area contributed by atoms with E-state index in [4.69, 9.17) is 9.47 Å². The molecule has 0 saturated carbocycles. The molecule has 1 saturated heterocycles. The second-order valence-electron chi connectivity index (χ2n) is 7.74. The largest absolute Gasteiger partial charge is 0.354 e. The predicted octanol–water partition coefficient (Wildman–Crippen LogP) is 2.35. The number of hydrogen-bond donors (Lipinski definition) is 1. The van der Waals surface area contributed by atoms with Crippen molar-refractivity contribution in [3.8, 4) is 0 Å². The van der Waals surface area contributed by atoms with E-state index in [9.17, 15) is 19.2 Å². The normalized spacial score (nSPS) is 15.8. The molecule has 1 fully saturated rings. The third-order valence-electron chi connectivity index (χ3n) is 5.34. The number of carbonyl (C=O) groups is 4. The van der Waals surface area contributed by atoms with E-state index in [-0.39, 0.29) is 18.9 Å². The van der Waals surface area contributed by atoms with Crippen LogP contribution in [-0.2, 0) is 23.9 Å². The fourth-order valence-electron chi connectivity index (χ4n) is 3.73. The van der Waals surface area contributed by atoms with Crippen LogP contribution in [-0.4, -0.2) is 61.6 Å². The molecule has 174 valence electrons. The number of ether oxygens (including phenoxy) is 2. The number of hydrogen-bond acceptors (Lipinski definition) is 6. The molecular formula is C24H27N3O6. The van der Waals surface area contributed by atoms with Crippen LogP contribution >= 0.6 is 0 Å². The fraction of sp³-hybridized carbons (Fsp3) is 0.333. The number of benzene rings is 2. The molecule has 33 heavy (non-hydrogen) atoms. The monoisotopic (exact) mass is 453 g/mol. The summed E-state index contributed by atoms with van der Waals surface area (Å²) in [6.07, 6.45) is -0.933. The first-order valence-electron chi connectivity index (χ1n) is 10.4. The smallest absolute Gasteiger partial charge is 0.257 e. The summed E-state index contributed by atoms with van der Waals surface area (Å²) >= 11 is 0. The first-order chi connectivity index (χ1) is 15.7. The van der Waals surface area contributed by atoms with E-state index in [1.54, 1.807) is 42.5 Å². The van der Waals surface area contributed by atoms with Crippen LogP contribution in [0.2, 0.25) is 0 Å². The quantitative estimate of drug-likeness (QED) is 0.486. The topological polar surface area (TPSA) is 105 Å². The number of aryl methyl sites for hydroxylation is 1. The predicted molar refractivity (Wildman–Crippen MR) is 122 cm³/mol. The Morgan fingerprint density at radius 2 is 1.79 bits per heavy atom. The maximum absolute atomic E-state index is 13.4. The van der Waals surface area contributed by atoms with E-state index in [0.717, 1.165) is 10.5 Å². The molecule has 1 unspecified atom stereocenters. The third kappa shape index (κ3) is 5.44. The molecule has 2 aromatic carbocycles. The Balaban J connectivity index is 1.90.